The molecule has 2 bridgehead atoms. The predicted molar refractivity (Wildman–Crippen MR) is 162 cm³/mol. The second kappa shape index (κ2) is 11.5. The van der Waals surface area contributed by atoms with Gasteiger partial charge in [0.25, 0.3) is 0 Å². The number of ether oxygens (including phenoxy) is 1. The van der Waals surface area contributed by atoms with Crippen molar-refractivity contribution in [2.45, 2.75) is 56.7 Å². The molecular formula is C32H39N7O3. The van der Waals surface area contributed by atoms with Gasteiger partial charge in [-0.25, -0.2) is 9.97 Å². The molecule has 2 aromatic heterocycles. The number of hydrogen-bond acceptors (Lipinski definition) is 7. The molecule has 4 fully saturated rings. The van der Waals surface area contributed by atoms with Crippen molar-refractivity contribution in [2.24, 2.45) is 5.92 Å². The first-order valence-corrected chi connectivity index (χ1v) is 15.3. The highest BCUT2D eigenvalue weighted by molar-refractivity contribution is 5.94. The van der Waals surface area contributed by atoms with Gasteiger partial charge in [0.05, 0.1) is 30.7 Å². The molecule has 0 aliphatic carbocycles. The van der Waals surface area contributed by atoms with Gasteiger partial charge in [-0.2, -0.15) is 0 Å². The summed E-state index contributed by atoms with van der Waals surface area (Å²) in [5.74, 6) is 1.13. The SMILES string of the molecule is C=CC(=O)N1CCC(N2CCC(C(=O)Nc3ccc(-c4cc5c(N6C7CCC6COC7)ncnc5[nH]4)cc3)CC2)CC1. The number of piperidine rings is 2. The van der Waals surface area contributed by atoms with Crippen LogP contribution in [0.4, 0.5) is 11.5 Å². The molecule has 2 unspecified atom stereocenters. The molecule has 2 amide bonds. The van der Waals surface area contributed by atoms with E-state index in [1.54, 1.807) is 6.33 Å². The van der Waals surface area contributed by atoms with Crippen LogP contribution in [0.25, 0.3) is 22.3 Å². The average Bonchev–Trinajstić information content (AvgIpc) is 3.58. The first-order valence-electron chi connectivity index (χ1n) is 15.3. The van der Waals surface area contributed by atoms with Gasteiger partial charge >= 0.3 is 0 Å². The van der Waals surface area contributed by atoms with Crippen LogP contribution in [0.3, 0.4) is 0 Å². The summed E-state index contributed by atoms with van der Waals surface area (Å²) in [5.41, 5.74) is 3.67. The van der Waals surface area contributed by atoms with Crippen molar-refractivity contribution in [3.63, 3.8) is 0 Å². The number of hydrogen-bond donors (Lipinski definition) is 2. The van der Waals surface area contributed by atoms with Gasteiger partial charge in [0.2, 0.25) is 11.8 Å². The lowest BCUT2D eigenvalue weighted by molar-refractivity contribution is -0.128. The molecule has 6 heterocycles. The number of likely N-dealkylation sites (tertiary alicyclic amines) is 2. The van der Waals surface area contributed by atoms with Gasteiger partial charge in [0.15, 0.2) is 0 Å². The Labute approximate surface area is 246 Å². The van der Waals surface area contributed by atoms with Gasteiger partial charge in [-0.3, -0.25) is 9.59 Å². The highest BCUT2D eigenvalue weighted by Gasteiger charge is 2.39. The minimum atomic E-state index is 0.0181. The van der Waals surface area contributed by atoms with Crippen molar-refractivity contribution in [3.8, 4) is 11.3 Å². The molecule has 1 aromatic carbocycles. The number of aromatic amines is 1. The van der Waals surface area contributed by atoms with Crippen LogP contribution in [-0.4, -0.2) is 94.1 Å². The number of benzene rings is 1. The smallest absolute Gasteiger partial charge is 0.245 e. The fourth-order valence-electron chi connectivity index (χ4n) is 7.35. The number of carbonyl (C=O) groups is 2. The van der Waals surface area contributed by atoms with Crippen molar-refractivity contribution in [1.29, 1.82) is 0 Å². The first kappa shape index (κ1) is 27.1. The Balaban J connectivity index is 0.955. The molecule has 10 heteroatoms. The third kappa shape index (κ3) is 5.18. The highest BCUT2D eigenvalue weighted by atomic mass is 16.5. The number of nitrogens with zero attached hydrogens (tertiary/aromatic N) is 5. The van der Waals surface area contributed by atoms with E-state index in [9.17, 15) is 9.59 Å². The van der Waals surface area contributed by atoms with E-state index in [1.165, 1.54) is 6.08 Å². The zero-order valence-electron chi connectivity index (χ0n) is 24.0. The van der Waals surface area contributed by atoms with Crippen molar-refractivity contribution >= 4 is 34.4 Å². The lowest BCUT2D eigenvalue weighted by Gasteiger charge is -2.41. The number of morpholine rings is 1. The lowest BCUT2D eigenvalue weighted by Crippen LogP contribution is -2.49. The van der Waals surface area contributed by atoms with Crippen molar-refractivity contribution < 1.29 is 14.3 Å². The number of aromatic nitrogens is 3. The summed E-state index contributed by atoms with van der Waals surface area (Å²) < 4.78 is 5.78. The van der Waals surface area contributed by atoms with Crippen LogP contribution < -0.4 is 10.2 Å². The van der Waals surface area contributed by atoms with Crippen LogP contribution in [0.2, 0.25) is 0 Å². The van der Waals surface area contributed by atoms with E-state index >= 15 is 0 Å². The molecule has 7 rings (SSSR count). The molecule has 2 N–H and O–H groups in total. The number of amides is 2. The van der Waals surface area contributed by atoms with E-state index in [0.29, 0.717) is 18.1 Å². The molecule has 0 spiro atoms. The van der Waals surface area contributed by atoms with E-state index in [2.05, 4.69) is 42.7 Å². The van der Waals surface area contributed by atoms with Gasteiger partial charge in [0, 0.05) is 36.4 Å². The number of rotatable bonds is 6. The highest BCUT2D eigenvalue weighted by Crippen LogP contribution is 2.37. The topological polar surface area (TPSA) is 107 Å². The molecular weight excluding hydrogens is 530 g/mol. The monoisotopic (exact) mass is 569 g/mol. The molecule has 3 aromatic rings. The quantitative estimate of drug-likeness (QED) is 0.435. The fourth-order valence-corrected chi connectivity index (χ4v) is 7.35. The first-order chi connectivity index (χ1) is 20.6. The Morgan fingerprint density at radius 3 is 2.33 bits per heavy atom. The van der Waals surface area contributed by atoms with Crippen LogP contribution >= 0.6 is 0 Å². The minimum Gasteiger partial charge on any atom is -0.377 e. The zero-order chi connectivity index (χ0) is 28.6. The Bertz CT molecular complexity index is 1440. The second-order valence-electron chi connectivity index (χ2n) is 12.1. The third-order valence-corrected chi connectivity index (χ3v) is 9.72. The third-order valence-electron chi connectivity index (χ3n) is 9.72. The zero-order valence-corrected chi connectivity index (χ0v) is 24.0. The summed E-state index contributed by atoms with van der Waals surface area (Å²) in [7, 11) is 0. The average molecular weight is 570 g/mol. The summed E-state index contributed by atoms with van der Waals surface area (Å²) in [4.78, 5) is 44.5. The van der Waals surface area contributed by atoms with Crippen LogP contribution in [0.1, 0.15) is 38.5 Å². The number of fused-ring (bicyclic) bond motifs is 3. The van der Waals surface area contributed by atoms with E-state index in [-0.39, 0.29) is 17.7 Å². The van der Waals surface area contributed by atoms with Crippen molar-refractivity contribution in [1.82, 2.24) is 24.8 Å². The Morgan fingerprint density at radius 1 is 0.929 bits per heavy atom. The van der Waals surface area contributed by atoms with Gasteiger partial charge in [-0.15, -0.1) is 0 Å². The normalized spacial score (nSPS) is 23.8. The molecule has 0 saturated carbocycles. The van der Waals surface area contributed by atoms with E-state index < -0.39 is 0 Å². The maximum absolute atomic E-state index is 13.1. The van der Waals surface area contributed by atoms with Crippen LogP contribution in [-0.2, 0) is 14.3 Å². The van der Waals surface area contributed by atoms with E-state index in [4.69, 9.17) is 4.74 Å². The van der Waals surface area contributed by atoms with E-state index in [0.717, 1.165) is 112 Å². The molecule has 10 nitrogen and oxygen atoms in total. The largest absolute Gasteiger partial charge is 0.377 e. The van der Waals surface area contributed by atoms with E-state index in [1.807, 2.05) is 29.2 Å². The standard InChI is InChI=1S/C32H39N7O3/c1-2-29(40)38-15-11-24(12-16-38)37-13-9-22(10-14-37)32(41)35-23-5-3-21(4-6-23)28-17-27-30(36-28)33-20-34-31(27)39-25-7-8-26(39)19-42-18-25/h2-6,17,20,22,24-26H,1,7-16,18-19H2,(H,35,41)(H,33,34,36). The van der Waals surface area contributed by atoms with Gasteiger partial charge in [-0.1, -0.05) is 18.7 Å². The molecule has 4 aliphatic heterocycles. The van der Waals surface area contributed by atoms with Crippen molar-refractivity contribution in [3.05, 3.63) is 49.3 Å². The van der Waals surface area contributed by atoms with Crippen molar-refractivity contribution in [2.75, 3.05) is 49.6 Å². The van der Waals surface area contributed by atoms with Gasteiger partial charge in [-0.05, 0) is 81.5 Å². The van der Waals surface area contributed by atoms with Gasteiger partial charge < -0.3 is 29.7 Å². The predicted octanol–water partition coefficient (Wildman–Crippen LogP) is 3.82. The van der Waals surface area contributed by atoms with Crippen LogP contribution in [0, 0.1) is 5.92 Å². The molecule has 0 radical (unpaired) electrons. The number of nitrogens with one attached hydrogen (secondary N) is 2. The lowest BCUT2D eigenvalue weighted by atomic mass is 9.92. The summed E-state index contributed by atoms with van der Waals surface area (Å²) in [5, 5.41) is 4.18. The molecule has 220 valence electrons. The maximum Gasteiger partial charge on any atom is 0.245 e. The number of anilines is 2. The Morgan fingerprint density at radius 2 is 1.64 bits per heavy atom. The molecule has 42 heavy (non-hydrogen) atoms. The summed E-state index contributed by atoms with van der Waals surface area (Å²) in [6.45, 7) is 8.53. The number of H-pyrrole nitrogens is 1. The second-order valence-corrected chi connectivity index (χ2v) is 12.1. The van der Waals surface area contributed by atoms with Crippen LogP contribution in [0.5, 0.6) is 0 Å². The Kier molecular flexibility index (Phi) is 7.41. The minimum absolute atomic E-state index is 0.0181. The Hall–Kier alpha value is -3.76. The summed E-state index contributed by atoms with van der Waals surface area (Å²) in [6, 6.07) is 11.4. The molecule has 4 saturated heterocycles. The fraction of sp³-hybridized carbons (Fsp3) is 0.500. The molecule has 4 aliphatic rings. The number of carbonyl (C=O) groups excluding carboxylic acids is 2. The maximum atomic E-state index is 13.1. The summed E-state index contributed by atoms with van der Waals surface area (Å²) in [6.07, 6.45) is 9.02. The summed E-state index contributed by atoms with van der Waals surface area (Å²) >= 11 is 0. The van der Waals surface area contributed by atoms with Gasteiger partial charge in [0.1, 0.15) is 17.8 Å². The van der Waals surface area contributed by atoms with Crippen LogP contribution in [0.15, 0.2) is 49.3 Å². The molecule has 2 atom stereocenters.